The number of methoxy groups -OCH3 is 1. The van der Waals surface area contributed by atoms with Gasteiger partial charge in [-0.3, -0.25) is 9.78 Å². The second-order valence-electron chi connectivity index (χ2n) is 4.73. The predicted octanol–water partition coefficient (Wildman–Crippen LogP) is 1.37. The number of aliphatic hydroxyl groups excluding tert-OH is 1. The second-order valence-corrected chi connectivity index (χ2v) is 4.73. The summed E-state index contributed by atoms with van der Waals surface area (Å²) in [6, 6.07) is 3.55. The summed E-state index contributed by atoms with van der Waals surface area (Å²) in [6.45, 7) is 6.15. The Morgan fingerprint density at radius 3 is 2.81 bits per heavy atom. The van der Waals surface area contributed by atoms with Gasteiger partial charge >= 0.3 is 0 Å². The van der Waals surface area contributed by atoms with Gasteiger partial charge < -0.3 is 20.1 Å². The number of aliphatic hydroxyl groups is 1. The number of nitrogens with one attached hydrogen (secondary N) is 1. The van der Waals surface area contributed by atoms with Crippen LogP contribution in [-0.4, -0.2) is 60.4 Å². The third kappa shape index (κ3) is 5.69. The van der Waals surface area contributed by atoms with Gasteiger partial charge in [-0.2, -0.15) is 0 Å². The summed E-state index contributed by atoms with van der Waals surface area (Å²) < 4.78 is 4.87. The molecule has 0 aliphatic rings. The number of amides is 1. The van der Waals surface area contributed by atoms with Crippen molar-refractivity contribution in [3.05, 3.63) is 24.0 Å². The Morgan fingerprint density at radius 2 is 2.19 bits per heavy atom. The van der Waals surface area contributed by atoms with Gasteiger partial charge in [0.05, 0.1) is 12.7 Å². The van der Waals surface area contributed by atoms with E-state index in [1.165, 1.54) is 0 Å². The van der Waals surface area contributed by atoms with Gasteiger partial charge in [-0.1, -0.05) is 0 Å². The number of carbonyl (C=O) groups excluding carboxylic acids is 1. The van der Waals surface area contributed by atoms with E-state index in [-0.39, 0.29) is 5.91 Å². The molecule has 0 fully saturated rings. The van der Waals surface area contributed by atoms with Gasteiger partial charge in [-0.15, -0.1) is 0 Å². The Morgan fingerprint density at radius 1 is 1.48 bits per heavy atom. The molecule has 0 spiro atoms. The van der Waals surface area contributed by atoms with Crippen molar-refractivity contribution in [2.75, 3.05) is 38.7 Å². The van der Waals surface area contributed by atoms with E-state index in [9.17, 15) is 9.90 Å². The Bertz CT molecular complexity index is 436. The standard InChI is InChI=1S/C15H25N3O3/c1-4-18(5-2)15(20)14-10-12(6-8-17-14)16-9-7-13(19)11-21-3/h6,8,10,13,19H,4-5,7,9,11H2,1-3H3,(H,16,17). The zero-order valence-corrected chi connectivity index (χ0v) is 13.0. The third-order valence-corrected chi connectivity index (χ3v) is 3.20. The lowest BCUT2D eigenvalue weighted by Gasteiger charge is -2.18. The monoisotopic (exact) mass is 295 g/mol. The van der Waals surface area contributed by atoms with Crippen LogP contribution in [-0.2, 0) is 4.74 Å². The van der Waals surface area contributed by atoms with Crippen LogP contribution in [0.4, 0.5) is 5.69 Å². The maximum absolute atomic E-state index is 12.2. The fourth-order valence-corrected chi connectivity index (χ4v) is 1.99. The largest absolute Gasteiger partial charge is 0.391 e. The average Bonchev–Trinajstić information content (AvgIpc) is 2.49. The van der Waals surface area contributed by atoms with E-state index in [0.717, 1.165) is 5.69 Å². The normalized spacial score (nSPS) is 12.0. The lowest BCUT2D eigenvalue weighted by molar-refractivity contribution is 0.0615. The van der Waals surface area contributed by atoms with Crippen LogP contribution in [0.15, 0.2) is 18.3 Å². The van der Waals surface area contributed by atoms with Crippen molar-refractivity contribution in [2.24, 2.45) is 0 Å². The molecule has 0 radical (unpaired) electrons. The molecule has 0 aliphatic carbocycles. The quantitative estimate of drug-likeness (QED) is 0.720. The molecule has 6 heteroatoms. The molecular weight excluding hydrogens is 270 g/mol. The highest BCUT2D eigenvalue weighted by atomic mass is 16.5. The minimum atomic E-state index is -0.485. The van der Waals surface area contributed by atoms with E-state index in [0.29, 0.717) is 38.4 Å². The Kier molecular flexibility index (Phi) is 7.71. The maximum atomic E-state index is 12.2. The van der Waals surface area contributed by atoms with E-state index in [1.807, 2.05) is 19.9 Å². The molecular formula is C15H25N3O3. The van der Waals surface area contributed by atoms with Crippen molar-refractivity contribution >= 4 is 11.6 Å². The number of hydrogen-bond acceptors (Lipinski definition) is 5. The summed E-state index contributed by atoms with van der Waals surface area (Å²) in [5.41, 5.74) is 1.26. The van der Waals surface area contributed by atoms with Gasteiger partial charge in [-0.25, -0.2) is 0 Å². The van der Waals surface area contributed by atoms with Crippen LogP contribution in [0.2, 0.25) is 0 Å². The van der Waals surface area contributed by atoms with Gasteiger partial charge in [-0.05, 0) is 32.4 Å². The molecule has 2 N–H and O–H groups in total. The Hall–Kier alpha value is -1.66. The number of carbonyl (C=O) groups is 1. The smallest absolute Gasteiger partial charge is 0.272 e. The Balaban J connectivity index is 2.58. The van der Waals surface area contributed by atoms with Crippen LogP contribution in [0.1, 0.15) is 30.8 Å². The maximum Gasteiger partial charge on any atom is 0.272 e. The molecule has 1 amide bonds. The number of anilines is 1. The highest BCUT2D eigenvalue weighted by Gasteiger charge is 2.14. The van der Waals surface area contributed by atoms with Crippen molar-refractivity contribution in [3.8, 4) is 0 Å². The lowest BCUT2D eigenvalue weighted by Crippen LogP contribution is -2.31. The molecule has 118 valence electrons. The van der Waals surface area contributed by atoms with E-state index < -0.39 is 6.10 Å². The first kappa shape index (κ1) is 17.4. The lowest BCUT2D eigenvalue weighted by atomic mass is 10.2. The molecule has 0 bridgehead atoms. The minimum absolute atomic E-state index is 0.0666. The SMILES string of the molecule is CCN(CC)C(=O)c1cc(NCCC(O)COC)ccn1. The number of rotatable bonds is 9. The number of nitrogens with zero attached hydrogens (tertiary/aromatic N) is 2. The zero-order valence-electron chi connectivity index (χ0n) is 13.0. The summed E-state index contributed by atoms with van der Waals surface area (Å²) in [4.78, 5) is 18.1. The summed E-state index contributed by atoms with van der Waals surface area (Å²) in [7, 11) is 1.56. The first-order valence-corrected chi connectivity index (χ1v) is 7.28. The molecule has 1 aromatic rings. The van der Waals surface area contributed by atoms with Crippen LogP contribution >= 0.6 is 0 Å². The van der Waals surface area contributed by atoms with E-state index in [2.05, 4.69) is 10.3 Å². The summed E-state index contributed by atoms with van der Waals surface area (Å²) in [5, 5.41) is 12.7. The molecule has 0 saturated carbocycles. The fraction of sp³-hybridized carbons (Fsp3) is 0.600. The first-order valence-electron chi connectivity index (χ1n) is 7.28. The number of pyridine rings is 1. The third-order valence-electron chi connectivity index (χ3n) is 3.20. The van der Waals surface area contributed by atoms with Gasteiger partial charge in [0.25, 0.3) is 5.91 Å². The predicted molar refractivity (Wildman–Crippen MR) is 82.5 cm³/mol. The van der Waals surface area contributed by atoms with Crippen molar-refractivity contribution < 1.29 is 14.6 Å². The van der Waals surface area contributed by atoms with Crippen LogP contribution in [0.25, 0.3) is 0 Å². The van der Waals surface area contributed by atoms with Gasteiger partial charge in [0.15, 0.2) is 0 Å². The highest BCUT2D eigenvalue weighted by Crippen LogP contribution is 2.10. The molecule has 0 aromatic carbocycles. The van der Waals surface area contributed by atoms with Crippen LogP contribution in [0.3, 0.4) is 0 Å². The average molecular weight is 295 g/mol. The second kappa shape index (κ2) is 9.31. The minimum Gasteiger partial charge on any atom is -0.391 e. The summed E-state index contributed by atoms with van der Waals surface area (Å²) >= 11 is 0. The van der Waals surface area contributed by atoms with Crippen molar-refractivity contribution in [1.82, 2.24) is 9.88 Å². The van der Waals surface area contributed by atoms with Crippen LogP contribution < -0.4 is 5.32 Å². The molecule has 6 nitrogen and oxygen atoms in total. The van der Waals surface area contributed by atoms with Gasteiger partial charge in [0, 0.05) is 38.6 Å². The first-order chi connectivity index (χ1) is 10.1. The molecule has 1 atom stereocenters. The zero-order chi connectivity index (χ0) is 15.7. The number of hydrogen-bond donors (Lipinski definition) is 2. The van der Waals surface area contributed by atoms with E-state index in [4.69, 9.17) is 4.74 Å². The Labute approximate surface area is 126 Å². The van der Waals surface area contributed by atoms with Crippen molar-refractivity contribution in [2.45, 2.75) is 26.4 Å². The molecule has 1 aromatic heterocycles. The van der Waals surface area contributed by atoms with Crippen LogP contribution in [0, 0.1) is 0 Å². The van der Waals surface area contributed by atoms with Gasteiger partial charge in [0.2, 0.25) is 0 Å². The van der Waals surface area contributed by atoms with Crippen molar-refractivity contribution in [1.29, 1.82) is 0 Å². The molecule has 0 saturated heterocycles. The molecule has 1 rings (SSSR count). The summed E-state index contributed by atoms with van der Waals surface area (Å²) in [5.74, 6) is -0.0666. The number of ether oxygens (including phenoxy) is 1. The molecule has 1 unspecified atom stereocenters. The van der Waals surface area contributed by atoms with Crippen LogP contribution in [0.5, 0.6) is 0 Å². The fourth-order valence-electron chi connectivity index (χ4n) is 1.99. The van der Waals surface area contributed by atoms with E-state index >= 15 is 0 Å². The number of aromatic nitrogens is 1. The molecule has 21 heavy (non-hydrogen) atoms. The highest BCUT2D eigenvalue weighted by molar-refractivity contribution is 5.93. The summed E-state index contributed by atoms with van der Waals surface area (Å²) in [6.07, 6.45) is 1.71. The van der Waals surface area contributed by atoms with Crippen molar-refractivity contribution in [3.63, 3.8) is 0 Å². The van der Waals surface area contributed by atoms with E-state index in [1.54, 1.807) is 24.3 Å². The molecule has 1 heterocycles. The topological polar surface area (TPSA) is 74.7 Å². The molecule has 0 aliphatic heterocycles. The van der Waals surface area contributed by atoms with Gasteiger partial charge in [0.1, 0.15) is 5.69 Å².